The minimum atomic E-state index is -0.401. The molecule has 2 atom stereocenters. The van der Waals surface area contributed by atoms with Gasteiger partial charge in [0.25, 0.3) is 0 Å². The van der Waals surface area contributed by atoms with Crippen LogP contribution in [-0.4, -0.2) is 23.3 Å². The first-order valence-corrected chi connectivity index (χ1v) is 6.78. The molecule has 1 fully saturated rings. The van der Waals surface area contributed by atoms with Gasteiger partial charge >= 0.3 is 0 Å². The summed E-state index contributed by atoms with van der Waals surface area (Å²) in [5, 5.41) is 13.7. The number of ether oxygens (including phenoxy) is 1. The highest BCUT2D eigenvalue weighted by Gasteiger charge is 2.31. The van der Waals surface area contributed by atoms with Crippen LogP contribution in [0.1, 0.15) is 43.9 Å². The van der Waals surface area contributed by atoms with E-state index in [1.807, 2.05) is 12.1 Å². The molecule has 3 heteroatoms. The highest BCUT2D eigenvalue weighted by Crippen LogP contribution is 2.37. The lowest BCUT2D eigenvalue weighted by molar-refractivity contribution is 0.137. The maximum absolute atomic E-state index is 10.4. The van der Waals surface area contributed by atoms with Crippen molar-refractivity contribution < 1.29 is 9.84 Å². The Morgan fingerprint density at radius 3 is 3.00 bits per heavy atom. The molecule has 1 saturated heterocycles. The number of rotatable bonds is 2. The third kappa shape index (κ3) is 2.13. The fourth-order valence-electron chi connectivity index (χ4n) is 3.03. The molecule has 18 heavy (non-hydrogen) atoms. The first-order chi connectivity index (χ1) is 8.55. The second kappa shape index (κ2) is 4.25. The molecule has 3 nitrogen and oxygen atoms in total. The van der Waals surface area contributed by atoms with Crippen molar-refractivity contribution in [3.8, 4) is 5.75 Å². The summed E-state index contributed by atoms with van der Waals surface area (Å²) in [6.07, 6.45) is 2.73. The fraction of sp³-hybridized carbons (Fsp3) is 0.600. The molecule has 0 saturated carbocycles. The molecule has 2 unspecified atom stereocenters. The second-order valence-electron chi connectivity index (χ2n) is 6.05. The van der Waals surface area contributed by atoms with Crippen molar-refractivity contribution >= 4 is 0 Å². The first-order valence-electron chi connectivity index (χ1n) is 6.78. The van der Waals surface area contributed by atoms with Crippen LogP contribution >= 0.6 is 0 Å². The summed E-state index contributed by atoms with van der Waals surface area (Å²) >= 11 is 0. The SMILES string of the molecule is CC1(C)Cc2cc(C(O)C3CCCN3)ccc2O1. The highest BCUT2D eigenvalue weighted by molar-refractivity contribution is 5.42. The number of aliphatic hydroxyl groups is 1. The minimum absolute atomic E-state index is 0.114. The first kappa shape index (κ1) is 12.0. The van der Waals surface area contributed by atoms with Crippen LogP contribution in [0.2, 0.25) is 0 Å². The van der Waals surface area contributed by atoms with Gasteiger partial charge in [-0.3, -0.25) is 0 Å². The highest BCUT2D eigenvalue weighted by atomic mass is 16.5. The van der Waals surface area contributed by atoms with Gasteiger partial charge in [-0.15, -0.1) is 0 Å². The Balaban J connectivity index is 1.83. The van der Waals surface area contributed by atoms with Gasteiger partial charge in [-0.2, -0.15) is 0 Å². The molecule has 2 aliphatic rings. The molecule has 1 aromatic carbocycles. The molecule has 98 valence electrons. The van der Waals surface area contributed by atoms with Crippen LogP contribution in [0.3, 0.4) is 0 Å². The fourth-order valence-corrected chi connectivity index (χ4v) is 3.03. The summed E-state index contributed by atoms with van der Waals surface area (Å²) in [6.45, 7) is 5.21. The van der Waals surface area contributed by atoms with Crippen LogP contribution in [0.5, 0.6) is 5.75 Å². The molecule has 2 N–H and O–H groups in total. The van der Waals surface area contributed by atoms with Crippen LogP contribution < -0.4 is 10.1 Å². The number of aliphatic hydroxyl groups excluding tert-OH is 1. The zero-order valence-corrected chi connectivity index (χ0v) is 11.1. The Labute approximate surface area is 108 Å². The molecule has 2 heterocycles. The Morgan fingerprint density at radius 1 is 1.44 bits per heavy atom. The standard InChI is InChI=1S/C15H21NO2/c1-15(2)9-11-8-10(5-6-13(11)18-15)14(17)12-4-3-7-16-12/h5-6,8,12,14,16-17H,3-4,7,9H2,1-2H3. The van der Waals surface area contributed by atoms with Gasteiger partial charge in [0.15, 0.2) is 0 Å². The topological polar surface area (TPSA) is 41.5 Å². The van der Waals surface area contributed by atoms with E-state index in [9.17, 15) is 5.11 Å². The molecule has 2 aliphatic heterocycles. The molecule has 0 bridgehead atoms. The quantitative estimate of drug-likeness (QED) is 0.841. The molecule has 3 rings (SSSR count). The summed E-state index contributed by atoms with van der Waals surface area (Å²) < 4.78 is 5.86. The number of fused-ring (bicyclic) bond motifs is 1. The molecule has 0 spiro atoms. The average Bonchev–Trinajstić information content (AvgIpc) is 2.91. The van der Waals surface area contributed by atoms with E-state index < -0.39 is 6.10 Å². The molecule has 0 amide bonds. The molecular formula is C15H21NO2. The number of hydrogen-bond acceptors (Lipinski definition) is 3. The summed E-state index contributed by atoms with van der Waals surface area (Å²) in [7, 11) is 0. The third-order valence-electron chi connectivity index (χ3n) is 3.91. The van der Waals surface area contributed by atoms with Crippen LogP contribution in [0.4, 0.5) is 0 Å². The number of nitrogens with one attached hydrogen (secondary N) is 1. The summed E-state index contributed by atoms with van der Waals surface area (Å²) in [6, 6.07) is 6.30. The Kier molecular flexibility index (Phi) is 2.83. The van der Waals surface area contributed by atoms with Gasteiger partial charge < -0.3 is 15.2 Å². The van der Waals surface area contributed by atoms with Crippen LogP contribution in [0, 0.1) is 0 Å². The molecule has 0 aliphatic carbocycles. The van der Waals surface area contributed by atoms with E-state index in [1.54, 1.807) is 0 Å². The van der Waals surface area contributed by atoms with Crippen molar-refractivity contribution in [3.63, 3.8) is 0 Å². The molecule has 0 radical (unpaired) electrons. The van der Waals surface area contributed by atoms with E-state index in [0.29, 0.717) is 0 Å². The van der Waals surface area contributed by atoms with Crippen LogP contribution in [0.15, 0.2) is 18.2 Å². The molecular weight excluding hydrogens is 226 g/mol. The van der Waals surface area contributed by atoms with Gasteiger partial charge in [-0.05, 0) is 56.5 Å². The lowest BCUT2D eigenvalue weighted by atomic mass is 9.96. The number of hydrogen-bond donors (Lipinski definition) is 2. The van der Waals surface area contributed by atoms with Crippen molar-refractivity contribution in [2.24, 2.45) is 0 Å². The lowest BCUT2D eigenvalue weighted by Crippen LogP contribution is -2.28. The van der Waals surface area contributed by atoms with Crippen molar-refractivity contribution in [1.82, 2.24) is 5.32 Å². The zero-order chi connectivity index (χ0) is 12.8. The van der Waals surface area contributed by atoms with Crippen LogP contribution in [-0.2, 0) is 6.42 Å². The lowest BCUT2D eigenvalue weighted by Gasteiger charge is -2.19. The van der Waals surface area contributed by atoms with E-state index >= 15 is 0 Å². The molecule has 0 aromatic heterocycles. The van der Waals surface area contributed by atoms with Gasteiger partial charge in [0.2, 0.25) is 0 Å². The van der Waals surface area contributed by atoms with Gasteiger partial charge in [0.1, 0.15) is 11.4 Å². The van der Waals surface area contributed by atoms with E-state index in [0.717, 1.165) is 37.1 Å². The molecule has 1 aromatic rings. The monoisotopic (exact) mass is 247 g/mol. The maximum atomic E-state index is 10.4. The van der Waals surface area contributed by atoms with Crippen molar-refractivity contribution in [1.29, 1.82) is 0 Å². The van der Waals surface area contributed by atoms with Gasteiger partial charge in [0.05, 0.1) is 6.10 Å². The minimum Gasteiger partial charge on any atom is -0.487 e. The largest absolute Gasteiger partial charge is 0.487 e. The Hall–Kier alpha value is -1.06. The zero-order valence-electron chi connectivity index (χ0n) is 11.1. The predicted molar refractivity (Wildman–Crippen MR) is 70.8 cm³/mol. The number of benzene rings is 1. The maximum Gasteiger partial charge on any atom is 0.123 e. The summed E-state index contributed by atoms with van der Waals surface area (Å²) in [5.41, 5.74) is 2.11. The van der Waals surface area contributed by atoms with E-state index in [-0.39, 0.29) is 11.6 Å². The second-order valence-corrected chi connectivity index (χ2v) is 6.05. The average molecular weight is 247 g/mol. The van der Waals surface area contributed by atoms with E-state index in [4.69, 9.17) is 4.74 Å². The Morgan fingerprint density at radius 2 is 2.28 bits per heavy atom. The van der Waals surface area contributed by atoms with Crippen molar-refractivity contribution in [2.45, 2.75) is 50.9 Å². The van der Waals surface area contributed by atoms with Crippen molar-refractivity contribution in [2.75, 3.05) is 6.54 Å². The van der Waals surface area contributed by atoms with Gasteiger partial charge in [0, 0.05) is 12.5 Å². The Bertz CT molecular complexity index is 450. The predicted octanol–water partition coefficient (Wildman–Crippen LogP) is 2.19. The normalized spacial score (nSPS) is 26.7. The van der Waals surface area contributed by atoms with E-state index in [2.05, 4.69) is 25.2 Å². The van der Waals surface area contributed by atoms with Gasteiger partial charge in [-0.1, -0.05) is 6.07 Å². The smallest absolute Gasteiger partial charge is 0.123 e. The summed E-state index contributed by atoms with van der Waals surface area (Å²) in [5.74, 6) is 0.968. The summed E-state index contributed by atoms with van der Waals surface area (Å²) in [4.78, 5) is 0. The third-order valence-corrected chi connectivity index (χ3v) is 3.91. The van der Waals surface area contributed by atoms with E-state index in [1.165, 1.54) is 5.56 Å². The van der Waals surface area contributed by atoms with Crippen molar-refractivity contribution in [3.05, 3.63) is 29.3 Å². The van der Waals surface area contributed by atoms with Crippen LogP contribution in [0.25, 0.3) is 0 Å². The van der Waals surface area contributed by atoms with Gasteiger partial charge in [-0.25, -0.2) is 0 Å².